The molecule has 1 aliphatic carbocycles. The topological polar surface area (TPSA) is 106 Å². The van der Waals surface area contributed by atoms with Gasteiger partial charge in [0.2, 0.25) is 0 Å². The number of hydrogen-bond donors (Lipinski definition) is 2. The molecule has 1 aromatic carbocycles. The van der Waals surface area contributed by atoms with E-state index in [0.717, 1.165) is 30.2 Å². The van der Waals surface area contributed by atoms with Gasteiger partial charge in [0, 0.05) is 25.0 Å². The van der Waals surface area contributed by atoms with Crippen LogP contribution in [0.5, 0.6) is 5.75 Å². The van der Waals surface area contributed by atoms with E-state index in [0.29, 0.717) is 23.8 Å². The molecule has 2 aliphatic rings. The average molecular weight is 409 g/mol. The van der Waals surface area contributed by atoms with Gasteiger partial charge in [-0.15, -0.1) is 0 Å². The number of aliphatic imine (C=N–C) groups is 2. The van der Waals surface area contributed by atoms with Crippen molar-refractivity contribution in [2.45, 2.75) is 24.6 Å². The first-order valence-corrected chi connectivity index (χ1v) is 9.03. The number of ether oxygens (including phenoxy) is 1. The number of guanidine groups is 1. The van der Waals surface area contributed by atoms with Crippen molar-refractivity contribution in [3.63, 3.8) is 0 Å². The standard InChI is InChI=1S/C19H22F3N5O2/c1-27-16(28)19(26-17(27)24,14(8-23)9-25-11-18(20,21)22)13-3-2-4-15(7-13)29-10-12-5-6-12/h2-4,7-9,12H,5-6,10-11,23H2,1H3,(H2,24,26). The van der Waals surface area contributed by atoms with Crippen molar-refractivity contribution < 1.29 is 22.7 Å². The van der Waals surface area contributed by atoms with Gasteiger partial charge in [-0.1, -0.05) is 12.1 Å². The first-order valence-electron chi connectivity index (χ1n) is 9.03. The Morgan fingerprint density at radius 1 is 1.45 bits per heavy atom. The summed E-state index contributed by atoms with van der Waals surface area (Å²) in [5.41, 5.74) is 10.1. The van der Waals surface area contributed by atoms with Crippen LogP contribution in [0.25, 0.3) is 0 Å². The van der Waals surface area contributed by atoms with Crippen LogP contribution >= 0.6 is 0 Å². The molecule has 1 fully saturated rings. The molecule has 0 aromatic heterocycles. The molecule has 0 spiro atoms. The Labute approximate surface area is 165 Å². The third kappa shape index (κ3) is 4.36. The van der Waals surface area contributed by atoms with Crippen LogP contribution < -0.4 is 16.2 Å². The van der Waals surface area contributed by atoms with Crippen LogP contribution in [-0.4, -0.2) is 49.4 Å². The minimum Gasteiger partial charge on any atom is -0.493 e. The first-order chi connectivity index (χ1) is 13.7. The van der Waals surface area contributed by atoms with Gasteiger partial charge in [0.1, 0.15) is 12.3 Å². The van der Waals surface area contributed by atoms with Crippen LogP contribution in [0.4, 0.5) is 13.2 Å². The van der Waals surface area contributed by atoms with Crippen LogP contribution in [0, 0.1) is 5.92 Å². The van der Waals surface area contributed by atoms with Gasteiger partial charge in [-0.2, -0.15) is 13.2 Å². The molecule has 1 aromatic rings. The predicted molar refractivity (Wildman–Crippen MR) is 102 cm³/mol. The van der Waals surface area contributed by atoms with E-state index in [2.05, 4.69) is 9.98 Å². The molecule has 0 radical (unpaired) electrons. The predicted octanol–water partition coefficient (Wildman–Crippen LogP) is 1.93. The number of alkyl halides is 3. The zero-order valence-corrected chi connectivity index (χ0v) is 15.8. The summed E-state index contributed by atoms with van der Waals surface area (Å²) in [5.74, 6) is 0.412. The maximum absolute atomic E-state index is 13.1. The number of rotatable bonds is 7. The van der Waals surface area contributed by atoms with Crippen molar-refractivity contribution in [3.8, 4) is 5.75 Å². The van der Waals surface area contributed by atoms with Crippen LogP contribution in [0.3, 0.4) is 0 Å². The summed E-state index contributed by atoms with van der Waals surface area (Å²) in [6.45, 7) is -0.851. The summed E-state index contributed by atoms with van der Waals surface area (Å²) in [5, 5.41) is 0. The highest BCUT2D eigenvalue weighted by Gasteiger charge is 2.50. The molecular formula is C19H22F3N5O2. The van der Waals surface area contributed by atoms with Gasteiger partial charge in [-0.25, -0.2) is 4.99 Å². The highest BCUT2D eigenvalue weighted by atomic mass is 19.4. The second-order valence-electron chi connectivity index (χ2n) is 7.03. The molecule has 1 heterocycles. The van der Waals surface area contributed by atoms with Crippen molar-refractivity contribution >= 4 is 18.1 Å². The van der Waals surface area contributed by atoms with Crippen molar-refractivity contribution in [2.75, 3.05) is 20.2 Å². The minimum absolute atomic E-state index is 0.0154. The molecule has 1 saturated carbocycles. The molecule has 4 N–H and O–H groups in total. The van der Waals surface area contributed by atoms with Crippen LogP contribution in [0.2, 0.25) is 0 Å². The number of likely N-dealkylation sites (N-methyl/N-ethyl adjacent to an activating group) is 1. The second-order valence-corrected chi connectivity index (χ2v) is 7.03. The molecule has 3 rings (SSSR count). The van der Waals surface area contributed by atoms with E-state index in [-0.39, 0.29) is 11.5 Å². The van der Waals surface area contributed by atoms with Crippen molar-refractivity contribution in [3.05, 3.63) is 41.6 Å². The third-order valence-corrected chi connectivity index (χ3v) is 4.77. The van der Waals surface area contributed by atoms with Gasteiger partial charge in [0.05, 0.1) is 6.61 Å². The van der Waals surface area contributed by atoms with E-state index >= 15 is 0 Å². The van der Waals surface area contributed by atoms with Crippen LogP contribution in [0.15, 0.2) is 46.0 Å². The number of carbonyl (C=O) groups excluding carboxylic acids is 1. The monoisotopic (exact) mass is 409 g/mol. The number of halogens is 3. The minimum atomic E-state index is -4.49. The van der Waals surface area contributed by atoms with Gasteiger partial charge in [0.25, 0.3) is 5.91 Å². The first kappa shape index (κ1) is 20.7. The van der Waals surface area contributed by atoms with Crippen molar-refractivity contribution in [1.29, 1.82) is 0 Å². The number of carbonyl (C=O) groups is 1. The van der Waals surface area contributed by atoms with E-state index in [4.69, 9.17) is 16.2 Å². The highest BCUT2D eigenvalue weighted by Crippen LogP contribution is 2.40. The molecule has 1 unspecified atom stereocenters. The van der Waals surface area contributed by atoms with Crippen molar-refractivity contribution in [1.82, 2.24) is 4.90 Å². The molecule has 156 valence electrons. The largest absolute Gasteiger partial charge is 0.493 e. The summed E-state index contributed by atoms with van der Waals surface area (Å²) in [6.07, 6.45) is -0.323. The van der Waals surface area contributed by atoms with Gasteiger partial charge in [-0.3, -0.25) is 14.7 Å². The fraction of sp³-hybridized carbons (Fsp3) is 0.421. The molecule has 0 saturated heterocycles. The average Bonchev–Trinajstić information content (AvgIpc) is 3.47. The lowest BCUT2D eigenvalue weighted by atomic mass is 9.83. The molecule has 1 aliphatic heterocycles. The van der Waals surface area contributed by atoms with Gasteiger partial charge in [0.15, 0.2) is 11.5 Å². The van der Waals surface area contributed by atoms with E-state index in [9.17, 15) is 18.0 Å². The lowest BCUT2D eigenvalue weighted by Crippen LogP contribution is -2.42. The number of nitrogens with zero attached hydrogens (tertiary/aromatic N) is 3. The van der Waals surface area contributed by atoms with E-state index < -0.39 is 24.2 Å². The molecule has 29 heavy (non-hydrogen) atoms. The quantitative estimate of drug-likeness (QED) is 0.671. The Kier molecular flexibility index (Phi) is 5.54. The molecular weight excluding hydrogens is 387 g/mol. The maximum Gasteiger partial charge on any atom is 0.407 e. The number of nitrogens with two attached hydrogens (primary N) is 2. The summed E-state index contributed by atoms with van der Waals surface area (Å²) >= 11 is 0. The molecule has 7 nitrogen and oxygen atoms in total. The SMILES string of the molecule is CN1C(=O)C(C(C=NCC(F)(F)F)=CN)(c2cccc(OCC3CC3)c2)N=C1N. The lowest BCUT2D eigenvalue weighted by molar-refractivity contribution is -0.129. The van der Waals surface area contributed by atoms with Gasteiger partial charge >= 0.3 is 6.18 Å². The van der Waals surface area contributed by atoms with Gasteiger partial charge in [-0.05, 0) is 36.5 Å². The van der Waals surface area contributed by atoms with E-state index in [1.165, 1.54) is 7.05 Å². The Hall–Kier alpha value is -3.04. The van der Waals surface area contributed by atoms with Crippen molar-refractivity contribution in [2.24, 2.45) is 27.4 Å². The summed E-state index contributed by atoms with van der Waals surface area (Å²) in [6, 6.07) is 6.66. The Morgan fingerprint density at radius 3 is 2.72 bits per heavy atom. The third-order valence-electron chi connectivity index (χ3n) is 4.77. The van der Waals surface area contributed by atoms with Gasteiger partial charge < -0.3 is 16.2 Å². The molecule has 1 atom stereocenters. The number of amides is 1. The van der Waals surface area contributed by atoms with E-state index in [1.807, 2.05) is 0 Å². The molecule has 1 amide bonds. The highest BCUT2D eigenvalue weighted by molar-refractivity contribution is 6.12. The summed E-state index contributed by atoms with van der Waals surface area (Å²) < 4.78 is 43.3. The van der Waals surface area contributed by atoms with E-state index in [1.54, 1.807) is 24.3 Å². The second kappa shape index (κ2) is 7.76. The Balaban J connectivity index is 2.01. The van der Waals surface area contributed by atoms with Crippen LogP contribution in [0.1, 0.15) is 18.4 Å². The maximum atomic E-state index is 13.1. The molecule has 0 bridgehead atoms. The fourth-order valence-corrected chi connectivity index (χ4v) is 3.00. The number of benzene rings is 1. The summed E-state index contributed by atoms with van der Waals surface area (Å²) in [7, 11) is 1.43. The lowest BCUT2D eigenvalue weighted by Gasteiger charge is -2.26. The zero-order chi connectivity index (χ0) is 21.2. The fourth-order valence-electron chi connectivity index (χ4n) is 3.00. The Morgan fingerprint density at radius 2 is 2.17 bits per heavy atom. The zero-order valence-electron chi connectivity index (χ0n) is 15.8. The number of hydrogen-bond acceptors (Lipinski definition) is 6. The van der Waals surface area contributed by atoms with Crippen LogP contribution in [-0.2, 0) is 10.3 Å². The molecule has 10 heteroatoms. The smallest absolute Gasteiger partial charge is 0.407 e. The normalized spacial score (nSPS) is 23.0. The Bertz CT molecular complexity index is 877. The summed E-state index contributed by atoms with van der Waals surface area (Å²) in [4.78, 5) is 21.9.